The van der Waals surface area contributed by atoms with Crippen molar-refractivity contribution in [2.45, 2.75) is 39.8 Å². The molecule has 8 heteroatoms. The zero-order valence-electron chi connectivity index (χ0n) is 12.0. The molecule has 0 radical (unpaired) electrons. The molecule has 20 heavy (non-hydrogen) atoms. The highest BCUT2D eigenvalue weighted by molar-refractivity contribution is 5.75. The first-order valence-corrected chi connectivity index (χ1v) is 6.47. The minimum Gasteiger partial charge on any atom is -0.379 e. The third kappa shape index (κ3) is 5.35. The van der Waals surface area contributed by atoms with Gasteiger partial charge in [0.15, 0.2) is 0 Å². The standard InChI is InChI=1S/C12H20N4O4/c1-9(2)20-6-4-5-13-12(17)8-15-7-11(16(18)19)10(3)14-15/h7,9H,4-6,8H2,1-3H3,(H,13,17). The molecule has 1 N–H and O–H groups in total. The summed E-state index contributed by atoms with van der Waals surface area (Å²) in [6.07, 6.45) is 2.16. The van der Waals surface area contributed by atoms with Crippen LogP contribution in [0, 0.1) is 17.0 Å². The van der Waals surface area contributed by atoms with Crippen LogP contribution in [0.5, 0.6) is 0 Å². The Morgan fingerprint density at radius 2 is 2.30 bits per heavy atom. The first kappa shape index (κ1) is 16.1. The summed E-state index contributed by atoms with van der Waals surface area (Å²) in [4.78, 5) is 21.8. The van der Waals surface area contributed by atoms with Crippen LogP contribution in [0.15, 0.2) is 6.20 Å². The molecule has 8 nitrogen and oxygen atoms in total. The largest absolute Gasteiger partial charge is 0.379 e. The normalized spacial score (nSPS) is 10.8. The number of carbonyl (C=O) groups is 1. The number of aryl methyl sites for hydroxylation is 1. The molecule has 0 spiro atoms. The smallest absolute Gasteiger partial charge is 0.309 e. The highest BCUT2D eigenvalue weighted by atomic mass is 16.6. The van der Waals surface area contributed by atoms with Gasteiger partial charge in [-0.05, 0) is 27.2 Å². The summed E-state index contributed by atoms with van der Waals surface area (Å²) in [5, 5.41) is 17.3. The molecular formula is C12H20N4O4. The van der Waals surface area contributed by atoms with Crippen molar-refractivity contribution in [3.05, 3.63) is 22.0 Å². The Labute approximate surface area is 117 Å². The van der Waals surface area contributed by atoms with Crippen molar-refractivity contribution in [3.63, 3.8) is 0 Å². The maximum atomic E-state index is 11.6. The summed E-state index contributed by atoms with van der Waals surface area (Å²) in [6, 6.07) is 0. The van der Waals surface area contributed by atoms with Gasteiger partial charge in [-0.2, -0.15) is 5.10 Å². The molecule has 0 aliphatic rings. The Balaban J connectivity index is 2.32. The second-order valence-corrected chi connectivity index (χ2v) is 4.68. The molecule has 0 unspecified atom stereocenters. The van der Waals surface area contributed by atoms with E-state index in [0.29, 0.717) is 18.8 Å². The number of nitrogens with one attached hydrogen (secondary N) is 1. The number of aromatic nitrogens is 2. The van der Waals surface area contributed by atoms with Crippen LogP contribution < -0.4 is 5.32 Å². The number of hydrogen-bond acceptors (Lipinski definition) is 5. The molecule has 0 saturated heterocycles. The van der Waals surface area contributed by atoms with Crippen LogP contribution in [-0.2, 0) is 16.1 Å². The van der Waals surface area contributed by atoms with Gasteiger partial charge in [-0.15, -0.1) is 0 Å². The second-order valence-electron chi connectivity index (χ2n) is 4.68. The second kappa shape index (κ2) is 7.59. The lowest BCUT2D eigenvalue weighted by molar-refractivity contribution is -0.385. The number of rotatable bonds is 8. The molecule has 0 aliphatic heterocycles. The Bertz CT molecular complexity index is 470. The molecule has 0 fully saturated rings. The van der Waals surface area contributed by atoms with Gasteiger partial charge in [0.1, 0.15) is 18.4 Å². The van der Waals surface area contributed by atoms with Crippen molar-refractivity contribution >= 4 is 11.6 Å². The van der Waals surface area contributed by atoms with Crippen LogP contribution in [0.2, 0.25) is 0 Å². The highest BCUT2D eigenvalue weighted by Gasteiger charge is 2.16. The fourth-order valence-corrected chi connectivity index (χ4v) is 1.59. The van der Waals surface area contributed by atoms with Crippen LogP contribution >= 0.6 is 0 Å². The summed E-state index contributed by atoms with van der Waals surface area (Å²) in [7, 11) is 0. The summed E-state index contributed by atoms with van der Waals surface area (Å²) >= 11 is 0. The molecule has 1 aromatic rings. The zero-order valence-corrected chi connectivity index (χ0v) is 12.0. The Hall–Kier alpha value is -1.96. The third-order valence-corrected chi connectivity index (χ3v) is 2.52. The number of ether oxygens (including phenoxy) is 1. The molecule has 0 aromatic carbocycles. The molecule has 1 heterocycles. The van der Waals surface area contributed by atoms with Gasteiger partial charge in [-0.1, -0.05) is 0 Å². The highest BCUT2D eigenvalue weighted by Crippen LogP contribution is 2.14. The fourth-order valence-electron chi connectivity index (χ4n) is 1.59. The molecule has 1 rings (SSSR count). The lowest BCUT2D eigenvalue weighted by Gasteiger charge is -2.08. The van der Waals surface area contributed by atoms with Gasteiger partial charge in [0, 0.05) is 13.2 Å². The lowest BCUT2D eigenvalue weighted by Crippen LogP contribution is -2.29. The van der Waals surface area contributed by atoms with Crippen LogP contribution in [0.4, 0.5) is 5.69 Å². The average Bonchev–Trinajstić information content (AvgIpc) is 2.69. The van der Waals surface area contributed by atoms with Crippen molar-refractivity contribution in [2.75, 3.05) is 13.2 Å². The van der Waals surface area contributed by atoms with Gasteiger partial charge in [-0.25, -0.2) is 0 Å². The molecule has 0 aliphatic carbocycles. The quantitative estimate of drug-likeness (QED) is 0.436. The molecule has 112 valence electrons. The Morgan fingerprint density at radius 1 is 1.60 bits per heavy atom. The number of hydrogen-bond donors (Lipinski definition) is 1. The van der Waals surface area contributed by atoms with Gasteiger partial charge in [0.25, 0.3) is 0 Å². The van der Waals surface area contributed by atoms with Crippen LogP contribution in [0.3, 0.4) is 0 Å². The van der Waals surface area contributed by atoms with E-state index in [1.165, 1.54) is 17.8 Å². The molecule has 0 saturated carbocycles. The predicted octanol–water partition coefficient (Wildman–Crippen LogP) is 1.03. The molecule has 0 bridgehead atoms. The van der Waals surface area contributed by atoms with Gasteiger partial charge in [0.2, 0.25) is 5.91 Å². The van der Waals surface area contributed by atoms with Gasteiger partial charge in [0.05, 0.1) is 11.0 Å². The minimum atomic E-state index is -0.514. The monoisotopic (exact) mass is 284 g/mol. The SMILES string of the molecule is Cc1nn(CC(=O)NCCCOC(C)C)cc1[N+](=O)[O-]. The average molecular weight is 284 g/mol. The van der Waals surface area contributed by atoms with Crippen molar-refractivity contribution in [2.24, 2.45) is 0 Å². The first-order chi connectivity index (χ1) is 9.40. The lowest BCUT2D eigenvalue weighted by atomic mass is 10.4. The van der Waals surface area contributed by atoms with E-state index in [0.717, 1.165) is 6.42 Å². The maximum absolute atomic E-state index is 11.6. The summed E-state index contributed by atoms with van der Waals surface area (Å²) in [6.45, 7) is 6.50. The predicted molar refractivity (Wildman–Crippen MR) is 72.3 cm³/mol. The van der Waals surface area contributed by atoms with E-state index in [-0.39, 0.29) is 24.2 Å². The van der Waals surface area contributed by atoms with Crippen LogP contribution in [0.25, 0.3) is 0 Å². The molecule has 1 aromatic heterocycles. The van der Waals surface area contributed by atoms with Crippen molar-refractivity contribution < 1.29 is 14.5 Å². The van der Waals surface area contributed by atoms with Crippen molar-refractivity contribution in [1.82, 2.24) is 15.1 Å². The topological polar surface area (TPSA) is 99.3 Å². The third-order valence-electron chi connectivity index (χ3n) is 2.52. The van der Waals surface area contributed by atoms with Gasteiger partial charge >= 0.3 is 5.69 Å². The Kier molecular flexibility index (Phi) is 6.10. The summed E-state index contributed by atoms with van der Waals surface area (Å²) in [5.41, 5.74) is 0.219. The summed E-state index contributed by atoms with van der Waals surface area (Å²) < 4.78 is 6.61. The summed E-state index contributed by atoms with van der Waals surface area (Å²) in [5.74, 6) is -0.230. The van der Waals surface area contributed by atoms with Crippen molar-refractivity contribution in [1.29, 1.82) is 0 Å². The molecule has 0 atom stereocenters. The van der Waals surface area contributed by atoms with Gasteiger partial charge in [-0.3, -0.25) is 19.6 Å². The zero-order chi connectivity index (χ0) is 15.1. The van der Waals surface area contributed by atoms with E-state index < -0.39 is 4.92 Å². The molecule has 1 amide bonds. The van der Waals surface area contributed by atoms with Gasteiger partial charge < -0.3 is 10.1 Å². The minimum absolute atomic E-state index is 0.0281. The first-order valence-electron chi connectivity index (χ1n) is 6.47. The number of nitro groups is 1. The Morgan fingerprint density at radius 3 is 2.85 bits per heavy atom. The number of carbonyl (C=O) groups excluding carboxylic acids is 1. The van der Waals surface area contributed by atoms with E-state index >= 15 is 0 Å². The maximum Gasteiger partial charge on any atom is 0.309 e. The van der Waals surface area contributed by atoms with Crippen LogP contribution in [-0.4, -0.2) is 39.9 Å². The van der Waals surface area contributed by atoms with E-state index in [4.69, 9.17) is 4.74 Å². The molecular weight excluding hydrogens is 264 g/mol. The van der Waals surface area contributed by atoms with E-state index in [9.17, 15) is 14.9 Å². The number of amides is 1. The van der Waals surface area contributed by atoms with Crippen molar-refractivity contribution in [3.8, 4) is 0 Å². The van der Waals surface area contributed by atoms with E-state index in [2.05, 4.69) is 10.4 Å². The van der Waals surface area contributed by atoms with E-state index in [1.54, 1.807) is 0 Å². The van der Waals surface area contributed by atoms with E-state index in [1.807, 2.05) is 13.8 Å². The van der Waals surface area contributed by atoms with Crippen LogP contribution in [0.1, 0.15) is 26.0 Å². The number of nitrogens with zero attached hydrogens (tertiary/aromatic N) is 3. The fraction of sp³-hybridized carbons (Fsp3) is 0.667.